The molecule has 6 nitrogen and oxygen atoms in total. The van der Waals surface area contributed by atoms with Gasteiger partial charge in [-0.05, 0) is 42.7 Å². The Morgan fingerprint density at radius 1 is 1.18 bits per heavy atom. The Balaban J connectivity index is 1.65. The molecule has 2 aromatic carbocycles. The first kappa shape index (κ1) is 20.2. The average Bonchev–Trinajstić information content (AvgIpc) is 3.12. The lowest BCUT2D eigenvalue weighted by molar-refractivity contribution is -0.123. The van der Waals surface area contributed by atoms with Crippen molar-refractivity contribution in [1.82, 2.24) is 20.6 Å². The van der Waals surface area contributed by atoms with E-state index in [1.165, 1.54) is 0 Å². The van der Waals surface area contributed by atoms with Crippen LogP contribution in [-0.4, -0.2) is 39.8 Å². The number of imidazole rings is 1. The lowest BCUT2D eigenvalue weighted by Gasteiger charge is -2.18. The Bertz CT molecular complexity index is 943. The number of aromatic amines is 1. The van der Waals surface area contributed by atoms with Gasteiger partial charge in [-0.2, -0.15) is 11.8 Å². The van der Waals surface area contributed by atoms with Gasteiger partial charge in [0.15, 0.2) is 0 Å². The van der Waals surface area contributed by atoms with E-state index in [1.54, 1.807) is 36.0 Å². The number of carbonyl (C=O) groups excluding carboxylic acids is 2. The van der Waals surface area contributed by atoms with Gasteiger partial charge in [0.2, 0.25) is 5.91 Å². The third kappa shape index (κ3) is 5.05. The Morgan fingerprint density at radius 2 is 1.93 bits per heavy atom. The number of hydrogen-bond acceptors (Lipinski definition) is 4. The monoisotopic (exact) mass is 416 g/mol. The highest BCUT2D eigenvalue weighted by Crippen LogP contribution is 2.15. The number of benzene rings is 2. The topological polar surface area (TPSA) is 86.9 Å². The Hall–Kier alpha value is -2.51. The zero-order chi connectivity index (χ0) is 19.9. The number of thioether (sulfide) groups is 1. The standard InChI is InChI=1S/C20H21ClN4O2S/c1-28-11-10-17(25-19(26)13-6-2-3-7-14(13)21)20(27)22-12-18-23-15-8-4-5-9-16(15)24-18/h2-9,17H,10-12H2,1H3,(H,22,27)(H,23,24)(H,25,26). The molecule has 0 aliphatic heterocycles. The molecule has 0 radical (unpaired) electrons. The van der Waals surface area contributed by atoms with E-state index in [9.17, 15) is 9.59 Å². The van der Waals surface area contributed by atoms with E-state index >= 15 is 0 Å². The molecule has 0 aliphatic rings. The van der Waals surface area contributed by atoms with Gasteiger partial charge in [-0.3, -0.25) is 9.59 Å². The molecule has 1 aromatic heterocycles. The zero-order valence-corrected chi connectivity index (χ0v) is 16.9. The molecule has 0 bridgehead atoms. The van der Waals surface area contributed by atoms with Gasteiger partial charge in [-0.15, -0.1) is 0 Å². The van der Waals surface area contributed by atoms with Crippen LogP contribution in [0.5, 0.6) is 0 Å². The molecule has 0 fully saturated rings. The van der Waals surface area contributed by atoms with Crippen molar-refractivity contribution >= 4 is 46.2 Å². The molecule has 2 amide bonds. The van der Waals surface area contributed by atoms with Gasteiger partial charge >= 0.3 is 0 Å². The Labute approximate surface area is 172 Å². The van der Waals surface area contributed by atoms with Crippen LogP contribution in [0.4, 0.5) is 0 Å². The van der Waals surface area contributed by atoms with Gasteiger partial charge in [0, 0.05) is 0 Å². The lowest BCUT2D eigenvalue weighted by Crippen LogP contribution is -2.47. The van der Waals surface area contributed by atoms with Gasteiger partial charge in [0.25, 0.3) is 5.91 Å². The molecule has 1 atom stereocenters. The zero-order valence-electron chi connectivity index (χ0n) is 15.4. The van der Waals surface area contributed by atoms with Crippen LogP contribution >= 0.6 is 23.4 Å². The summed E-state index contributed by atoms with van der Waals surface area (Å²) in [7, 11) is 0. The number of para-hydroxylation sites is 2. The van der Waals surface area contributed by atoms with Gasteiger partial charge in [-0.1, -0.05) is 35.9 Å². The maximum absolute atomic E-state index is 12.7. The van der Waals surface area contributed by atoms with Crippen molar-refractivity contribution in [3.63, 3.8) is 0 Å². The molecular formula is C20H21ClN4O2S. The van der Waals surface area contributed by atoms with E-state index in [4.69, 9.17) is 11.6 Å². The number of fused-ring (bicyclic) bond motifs is 1. The number of nitrogens with one attached hydrogen (secondary N) is 3. The summed E-state index contributed by atoms with van der Waals surface area (Å²) in [6.45, 7) is 0.255. The molecule has 3 rings (SSSR count). The van der Waals surface area contributed by atoms with Crippen molar-refractivity contribution in [2.75, 3.05) is 12.0 Å². The van der Waals surface area contributed by atoms with Crippen LogP contribution in [0.3, 0.4) is 0 Å². The summed E-state index contributed by atoms with van der Waals surface area (Å²) in [5, 5.41) is 6.00. The van der Waals surface area contributed by atoms with Gasteiger partial charge in [0.1, 0.15) is 11.9 Å². The molecule has 3 aromatic rings. The second-order valence-electron chi connectivity index (χ2n) is 6.21. The van der Waals surface area contributed by atoms with Crippen LogP contribution in [-0.2, 0) is 11.3 Å². The van der Waals surface area contributed by atoms with Crippen LogP contribution in [0.25, 0.3) is 11.0 Å². The molecule has 1 heterocycles. The molecule has 0 spiro atoms. The molecule has 28 heavy (non-hydrogen) atoms. The first-order valence-corrected chi connectivity index (χ1v) is 10.6. The van der Waals surface area contributed by atoms with Gasteiger partial charge in [-0.25, -0.2) is 4.98 Å². The number of carbonyl (C=O) groups is 2. The number of aromatic nitrogens is 2. The van der Waals surface area contributed by atoms with Crippen molar-refractivity contribution in [3.05, 3.63) is 64.9 Å². The van der Waals surface area contributed by atoms with E-state index in [1.807, 2.05) is 30.5 Å². The van der Waals surface area contributed by atoms with E-state index in [0.29, 0.717) is 22.8 Å². The third-order valence-electron chi connectivity index (χ3n) is 4.22. The lowest BCUT2D eigenvalue weighted by atomic mass is 10.1. The van der Waals surface area contributed by atoms with Crippen LogP contribution in [0.1, 0.15) is 22.6 Å². The molecule has 146 valence electrons. The summed E-state index contributed by atoms with van der Waals surface area (Å²) in [6, 6.07) is 13.8. The minimum absolute atomic E-state index is 0.255. The highest BCUT2D eigenvalue weighted by molar-refractivity contribution is 7.98. The minimum atomic E-state index is -0.652. The minimum Gasteiger partial charge on any atom is -0.347 e. The third-order valence-corrected chi connectivity index (χ3v) is 5.19. The fourth-order valence-electron chi connectivity index (χ4n) is 2.77. The SMILES string of the molecule is CSCCC(NC(=O)c1ccccc1Cl)C(=O)NCc1nc2ccccc2[nH]1. The van der Waals surface area contributed by atoms with E-state index < -0.39 is 6.04 Å². The smallest absolute Gasteiger partial charge is 0.253 e. The summed E-state index contributed by atoms with van der Waals surface area (Å²) in [4.78, 5) is 32.8. The van der Waals surface area contributed by atoms with Crippen molar-refractivity contribution in [1.29, 1.82) is 0 Å². The van der Waals surface area contributed by atoms with Crippen LogP contribution in [0.2, 0.25) is 5.02 Å². The molecule has 1 unspecified atom stereocenters. The maximum atomic E-state index is 12.7. The predicted molar refractivity (Wildman–Crippen MR) is 114 cm³/mol. The summed E-state index contributed by atoms with van der Waals surface area (Å²) in [6.07, 6.45) is 2.47. The summed E-state index contributed by atoms with van der Waals surface area (Å²) < 4.78 is 0. The predicted octanol–water partition coefficient (Wildman–Crippen LogP) is 3.38. The largest absolute Gasteiger partial charge is 0.347 e. The molecule has 0 saturated heterocycles. The van der Waals surface area contributed by atoms with Crippen LogP contribution in [0, 0.1) is 0 Å². The van der Waals surface area contributed by atoms with Crippen molar-refractivity contribution in [2.45, 2.75) is 19.0 Å². The second-order valence-corrected chi connectivity index (χ2v) is 7.60. The number of halogens is 1. The number of amides is 2. The summed E-state index contributed by atoms with van der Waals surface area (Å²) in [5.41, 5.74) is 2.11. The second kappa shape index (κ2) is 9.61. The number of H-pyrrole nitrogens is 1. The maximum Gasteiger partial charge on any atom is 0.253 e. The molecule has 8 heteroatoms. The molecular weight excluding hydrogens is 396 g/mol. The summed E-state index contributed by atoms with van der Waals surface area (Å²) >= 11 is 7.70. The fourth-order valence-corrected chi connectivity index (χ4v) is 3.46. The van der Waals surface area contributed by atoms with E-state index in [0.717, 1.165) is 16.8 Å². The number of hydrogen-bond donors (Lipinski definition) is 3. The highest BCUT2D eigenvalue weighted by atomic mass is 35.5. The molecule has 3 N–H and O–H groups in total. The van der Waals surface area contributed by atoms with Gasteiger partial charge in [0.05, 0.1) is 28.2 Å². The molecule has 0 aliphatic carbocycles. The van der Waals surface area contributed by atoms with Crippen LogP contribution < -0.4 is 10.6 Å². The van der Waals surface area contributed by atoms with Crippen molar-refractivity contribution < 1.29 is 9.59 Å². The highest BCUT2D eigenvalue weighted by Gasteiger charge is 2.22. The quantitative estimate of drug-likeness (QED) is 0.525. The number of nitrogens with zero attached hydrogens (tertiary/aromatic N) is 1. The fraction of sp³-hybridized carbons (Fsp3) is 0.250. The van der Waals surface area contributed by atoms with Gasteiger partial charge < -0.3 is 15.6 Å². The first-order valence-electron chi connectivity index (χ1n) is 8.84. The van der Waals surface area contributed by atoms with Crippen LogP contribution in [0.15, 0.2) is 48.5 Å². The Kier molecular flexibility index (Phi) is 6.95. The van der Waals surface area contributed by atoms with Crippen molar-refractivity contribution in [3.8, 4) is 0 Å². The van der Waals surface area contributed by atoms with E-state index in [2.05, 4.69) is 20.6 Å². The average molecular weight is 417 g/mol. The number of rotatable bonds is 8. The summed E-state index contributed by atoms with van der Waals surface area (Å²) in [5.74, 6) is 0.784. The Morgan fingerprint density at radius 3 is 2.68 bits per heavy atom. The molecule has 0 saturated carbocycles. The van der Waals surface area contributed by atoms with E-state index in [-0.39, 0.29) is 18.4 Å². The normalized spacial score (nSPS) is 11.9. The first-order chi connectivity index (χ1) is 13.6. The van der Waals surface area contributed by atoms with Crippen molar-refractivity contribution in [2.24, 2.45) is 0 Å².